The number of hydrogen-bond acceptors (Lipinski definition) is 4. The Morgan fingerprint density at radius 2 is 2.29 bits per heavy atom. The van der Waals surface area contributed by atoms with Crippen molar-refractivity contribution >= 4 is 18.4 Å². The molecule has 2 rings (SSSR count). The van der Waals surface area contributed by atoms with Crippen molar-refractivity contribution in [1.29, 1.82) is 0 Å². The van der Waals surface area contributed by atoms with Crippen LogP contribution in [0.25, 0.3) is 0 Å². The van der Waals surface area contributed by atoms with E-state index in [1.165, 1.54) is 0 Å². The van der Waals surface area contributed by atoms with Gasteiger partial charge in [0.25, 0.3) is 0 Å². The van der Waals surface area contributed by atoms with Crippen molar-refractivity contribution in [1.82, 2.24) is 4.98 Å². The molecule has 92 valence electrons. The Kier molecular flexibility index (Phi) is 3.40. The molecule has 1 saturated heterocycles. The van der Waals surface area contributed by atoms with Gasteiger partial charge in [0, 0.05) is 12.7 Å². The van der Waals surface area contributed by atoms with Gasteiger partial charge in [-0.2, -0.15) is 0 Å². The summed E-state index contributed by atoms with van der Waals surface area (Å²) in [5, 5.41) is 3.20. The molecule has 0 unspecified atom stereocenters. The van der Waals surface area contributed by atoms with E-state index >= 15 is 0 Å². The first kappa shape index (κ1) is 12.4. The molecule has 0 bridgehead atoms. The van der Waals surface area contributed by atoms with Gasteiger partial charge in [0.15, 0.2) is 0 Å². The number of nitrogens with one attached hydrogen (secondary N) is 1. The molecule has 0 spiro atoms. The second-order valence-electron chi connectivity index (χ2n) is 4.98. The molecule has 1 aliphatic rings. The maximum Gasteiger partial charge on any atom is 0.494 e. The topological polar surface area (TPSA) is 43.4 Å². The Morgan fingerprint density at radius 1 is 1.53 bits per heavy atom. The number of rotatable bonds is 3. The molecule has 0 amide bonds. The molecule has 0 radical (unpaired) electrons. The van der Waals surface area contributed by atoms with E-state index in [0.717, 1.165) is 23.4 Å². The van der Waals surface area contributed by atoms with Crippen molar-refractivity contribution in [3.8, 4) is 0 Å². The van der Waals surface area contributed by atoms with Crippen LogP contribution in [0.4, 0.5) is 5.82 Å². The average molecular weight is 234 g/mol. The van der Waals surface area contributed by atoms with Gasteiger partial charge in [-0.3, -0.25) is 0 Å². The fraction of sp³-hybridized carbons (Fsp3) is 0.583. The Labute approximate surface area is 103 Å². The molecular weight excluding hydrogens is 215 g/mol. The highest BCUT2D eigenvalue weighted by Gasteiger charge is 2.39. The van der Waals surface area contributed by atoms with E-state index in [1.54, 1.807) is 0 Å². The number of aromatic nitrogens is 1. The van der Waals surface area contributed by atoms with Gasteiger partial charge in [0.05, 0.1) is 12.2 Å². The third-order valence-corrected chi connectivity index (χ3v) is 2.77. The zero-order valence-corrected chi connectivity index (χ0v) is 10.9. The summed E-state index contributed by atoms with van der Waals surface area (Å²) in [5.41, 5.74) is 1.94. The lowest BCUT2D eigenvalue weighted by molar-refractivity contribution is 0.137. The van der Waals surface area contributed by atoms with Crippen LogP contribution < -0.4 is 10.8 Å². The first-order valence-electron chi connectivity index (χ1n) is 6.01. The molecule has 2 heterocycles. The van der Waals surface area contributed by atoms with Crippen molar-refractivity contribution < 1.29 is 9.31 Å². The van der Waals surface area contributed by atoms with Gasteiger partial charge in [-0.1, -0.05) is 0 Å². The molecule has 1 aromatic heterocycles. The van der Waals surface area contributed by atoms with E-state index in [2.05, 4.69) is 10.3 Å². The van der Waals surface area contributed by atoms with E-state index in [9.17, 15) is 0 Å². The van der Waals surface area contributed by atoms with E-state index < -0.39 is 0 Å². The summed E-state index contributed by atoms with van der Waals surface area (Å²) in [6.45, 7) is 9.62. The van der Waals surface area contributed by atoms with Gasteiger partial charge >= 0.3 is 7.12 Å². The van der Waals surface area contributed by atoms with E-state index in [4.69, 9.17) is 9.31 Å². The summed E-state index contributed by atoms with van der Waals surface area (Å²) in [6.07, 6.45) is 1.85. The van der Waals surface area contributed by atoms with Crippen LogP contribution in [0.2, 0.25) is 0 Å². The second-order valence-corrected chi connectivity index (χ2v) is 4.98. The summed E-state index contributed by atoms with van der Waals surface area (Å²) in [5.74, 6) is 0.866. The van der Waals surface area contributed by atoms with Crippen LogP contribution in [0.5, 0.6) is 0 Å². The maximum atomic E-state index is 5.87. The Morgan fingerprint density at radius 3 is 2.88 bits per heavy atom. The first-order chi connectivity index (χ1) is 8.02. The minimum Gasteiger partial charge on any atom is -0.404 e. The zero-order valence-electron chi connectivity index (χ0n) is 10.9. The highest BCUT2D eigenvalue weighted by molar-refractivity contribution is 6.62. The van der Waals surface area contributed by atoms with Crippen LogP contribution in [0.3, 0.4) is 0 Å². The molecular formula is C12H19BN2O2. The highest BCUT2D eigenvalue weighted by atomic mass is 16.7. The second kappa shape index (κ2) is 4.66. The van der Waals surface area contributed by atoms with Crippen LogP contribution in [0, 0.1) is 6.92 Å². The Bertz CT molecular complexity index is 409. The summed E-state index contributed by atoms with van der Waals surface area (Å²) in [4.78, 5) is 4.31. The summed E-state index contributed by atoms with van der Waals surface area (Å²) in [7, 11) is -0.273. The minimum atomic E-state index is -0.273. The van der Waals surface area contributed by atoms with Crippen molar-refractivity contribution in [2.75, 3.05) is 18.5 Å². The molecule has 17 heavy (non-hydrogen) atoms. The fourth-order valence-electron chi connectivity index (χ4n) is 1.86. The molecule has 5 heteroatoms. The standard InChI is InChI=1S/C12H19BN2O2/c1-5-14-11-6-10(9(2)7-15-11)13-16-8-12(3,4)17-13/h6-7H,5,8H2,1-4H3,(H,14,15). The van der Waals surface area contributed by atoms with Crippen molar-refractivity contribution in [3.05, 3.63) is 17.8 Å². The number of hydrogen-bond donors (Lipinski definition) is 1. The van der Waals surface area contributed by atoms with Crippen LogP contribution in [-0.2, 0) is 9.31 Å². The lowest BCUT2D eigenvalue weighted by Gasteiger charge is -2.16. The zero-order chi connectivity index (χ0) is 12.5. The summed E-state index contributed by atoms with van der Waals surface area (Å²) >= 11 is 0. The van der Waals surface area contributed by atoms with E-state index in [-0.39, 0.29) is 12.7 Å². The van der Waals surface area contributed by atoms with Crippen LogP contribution in [-0.4, -0.2) is 30.9 Å². The van der Waals surface area contributed by atoms with Crippen LogP contribution >= 0.6 is 0 Å². The lowest BCUT2D eigenvalue weighted by Crippen LogP contribution is -2.36. The predicted molar refractivity (Wildman–Crippen MR) is 69.6 cm³/mol. The van der Waals surface area contributed by atoms with Gasteiger partial charge in [-0.25, -0.2) is 4.98 Å². The van der Waals surface area contributed by atoms with Crippen molar-refractivity contribution in [3.63, 3.8) is 0 Å². The van der Waals surface area contributed by atoms with Gasteiger partial charge < -0.3 is 14.6 Å². The third kappa shape index (κ3) is 2.79. The number of anilines is 1. The first-order valence-corrected chi connectivity index (χ1v) is 6.01. The monoisotopic (exact) mass is 234 g/mol. The van der Waals surface area contributed by atoms with Crippen LogP contribution in [0.15, 0.2) is 12.3 Å². The maximum absolute atomic E-state index is 5.87. The van der Waals surface area contributed by atoms with Crippen LogP contribution in [0.1, 0.15) is 26.3 Å². The minimum absolute atomic E-state index is 0.210. The molecule has 1 N–H and O–H groups in total. The van der Waals surface area contributed by atoms with Crippen molar-refractivity contribution in [2.45, 2.75) is 33.3 Å². The SMILES string of the molecule is CCNc1cc(B2OCC(C)(C)O2)c(C)cn1. The quantitative estimate of drug-likeness (QED) is 0.801. The third-order valence-electron chi connectivity index (χ3n) is 2.77. The lowest BCUT2D eigenvalue weighted by atomic mass is 9.77. The van der Waals surface area contributed by atoms with Gasteiger partial charge in [0.2, 0.25) is 0 Å². The molecule has 1 aromatic rings. The smallest absolute Gasteiger partial charge is 0.404 e. The van der Waals surface area contributed by atoms with Gasteiger partial charge in [-0.05, 0) is 44.8 Å². The summed E-state index contributed by atoms with van der Waals surface area (Å²) in [6, 6.07) is 2.00. The Balaban J connectivity index is 2.22. The fourth-order valence-corrected chi connectivity index (χ4v) is 1.86. The molecule has 1 aliphatic heterocycles. The Hall–Kier alpha value is -1.07. The number of aryl methyl sites for hydroxylation is 1. The molecule has 4 nitrogen and oxygen atoms in total. The molecule has 0 saturated carbocycles. The number of nitrogens with zero attached hydrogens (tertiary/aromatic N) is 1. The molecule has 0 atom stereocenters. The average Bonchev–Trinajstić information content (AvgIpc) is 2.62. The molecule has 0 aromatic carbocycles. The van der Waals surface area contributed by atoms with Gasteiger partial charge in [-0.15, -0.1) is 0 Å². The van der Waals surface area contributed by atoms with E-state index in [1.807, 2.05) is 40.0 Å². The predicted octanol–water partition coefficient (Wildman–Crippen LogP) is 1.34. The molecule has 1 fully saturated rings. The molecule has 0 aliphatic carbocycles. The highest BCUT2D eigenvalue weighted by Crippen LogP contribution is 2.20. The largest absolute Gasteiger partial charge is 0.494 e. The number of pyridine rings is 1. The summed E-state index contributed by atoms with van der Waals surface area (Å²) < 4.78 is 11.6. The van der Waals surface area contributed by atoms with Gasteiger partial charge in [0.1, 0.15) is 5.82 Å². The van der Waals surface area contributed by atoms with E-state index in [0.29, 0.717) is 6.61 Å². The normalized spacial score (nSPS) is 18.5. The van der Waals surface area contributed by atoms with Crippen molar-refractivity contribution in [2.24, 2.45) is 0 Å².